The third-order valence-corrected chi connectivity index (χ3v) is 14.2. The molecule has 67 heavy (non-hydrogen) atoms. The molecule has 0 N–H and O–H groups in total. The summed E-state index contributed by atoms with van der Waals surface area (Å²) in [6.45, 7) is 6.85. The Hall–Kier alpha value is -4.85. The molecule has 0 aliphatic rings. The molecule has 0 atom stereocenters. The molecule has 0 heterocycles. The van der Waals surface area contributed by atoms with Crippen molar-refractivity contribution in [3.63, 3.8) is 0 Å². The Morgan fingerprint density at radius 1 is 0.269 bits per heavy atom. The van der Waals surface area contributed by atoms with Crippen LogP contribution in [0.25, 0.3) is 33.4 Å². The number of hydrogen-bond donors (Lipinski definition) is 0. The molecule has 0 aromatic heterocycles. The van der Waals surface area contributed by atoms with Crippen LogP contribution in [0.5, 0.6) is 17.2 Å². The maximum atomic E-state index is 6.97. The predicted molar refractivity (Wildman–Crippen MR) is 290 cm³/mol. The number of benzene rings is 6. The van der Waals surface area contributed by atoms with E-state index in [1.807, 2.05) is 36.4 Å². The quantitative estimate of drug-likeness (QED) is 0.0304. The van der Waals surface area contributed by atoms with Gasteiger partial charge in [-0.3, -0.25) is 0 Å². The standard InChI is InChI=1S/C63H81O3P/c1-4-7-10-13-16-19-22-31-52-40-46-55(47-41-52)58-34-25-28-37-61(58)64-67(65-62-38-29-26-35-59(62)56-48-42-53(43-49-56)32-23-20-17-14-11-8-5-2)66-63-39-30-27-36-60(63)57-50-44-54(45-51-57)33-24-21-18-15-12-9-6-3/h25-30,34-51H,4-24,31-33H2,1-3H3. The van der Waals surface area contributed by atoms with Gasteiger partial charge in [0.25, 0.3) is 0 Å². The van der Waals surface area contributed by atoms with E-state index in [-0.39, 0.29) is 0 Å². The fraction of sp³-hybridized carbons (Fsp3) is 0.429. The summed E-state index contributed by atoms with van der Waals surface area (Å²) >= 11 is 0. The van der Waals surface area contributed by atoms with Crippen molar-refractivity contribution in [3.05, 3.63) is 162 Å². The summed E-state index contributed by atoms with van der Waals surface area (Å²) in [6.07, 6.45) is 31.1. The summed E-state index contributed by atoms with van der Waals surface area (Å²) < 4.78 is 20.9. The van der Waals surface area contributed by atoms with Gasteiger partial charge in [-0.05, 0) is 90.1 Å². The molecule has 0 saturated heterocycles. The zero-order valence-electron chi connectivity index (χ0n) is 41.5. The predicted octanol–water partition coefficient (Wildman–Crippen LogP) is 20.3. The van der Waals surface area contributed by atoms with Gasteiger partial charge in [0.1, 0.15) is 17.2 Å². The first-order valence-electron chi connectivity index (χ1n) is 26.5. The van der Waals surface area contributed by atoms with Gasteiger partial charge in [0.05, 0.1) is 0 Å². The van der Waals surface area contributed by atoms with Gasteiger partial charge in [-0.25, -0.2) is 0 Å². The second-order valence-electron chi connectivity index (χ2n) is 18.7. The summed E-state index contributed by atoms with van der Waals surface area (Å²) in [4.78, 5) is 0. The lowest BCUT2D eigenvalue weighted by Crippen LogP contribution is -2.04. The van der Waals surface area contributed by atoms with Crippen molar-refractivity contribution in [2.45, 2.75) is 175 Å². The molecule has 0 bridgehead atoms. The fourth-order valence-electron chi connectivity index (χ4n) is 9.06. The van der Waals surface area contributed by atoms with Crippen LogP contribution in [0, 0.1) is 0 Å². The molecule has 0 amide bonds. The zero-order valence-corrected chi connectivity index (χ0v) is 42.4. The van der Waals surface area contributed by atoms with Crippen molar-refractivity contribution < 1.29 is 13.6 Å². The molecule has 0 aliphatic carbocycles. The van der Waals surface area contributed by atoms with Crippen LogP contribution in [0.3, 0.4) is 0 Å². The molecule has 3 nitrogen and oxygen atoms in total. The number of hydrogen-bond acceptors (Lipinski definition) is 3. The molecule has 0 radical (unpaired) electrons. The lowest BCUT2D eigenvalue weighted by atomic mass is 10.00. The van der Waals surface area contributed by atoms with Crippen LogP contribution in [-0.2, 0) is 19.3 Å². The lowest BCUT2D eigenvalue weighted by molar-refractivity contribution is 0.390. The SMILES string of the molecule is CCCCCCCCCc1ccc(-c2ccccc2OP(Oc2ccccc2-c2ccc(CCCCCCCCC)cc2)Oc2ccccc2-c2ccc(CCCCCCCCC)cc2)cc1. The highest BCUT2D eigenvalue weighted by molar-refractivity contribution is 7.43. The first kappa shape index (κ1) is 51.5. The summed E-state index contributed by atoms with van der Waals surface area (Å²) in [6, 6.07) is 52.0. The van der Waals surface area contributed by atoms with E-state index in [0.29, 0.717) is 0 Å². The van der Waals surface area contributed by atoms with Gasteiger partial charge in [0, 0.05) is 16.7 Å². The van der Waals surface area contributed by atoms with Gasteiger partial charge < -0.3 is 13.6 Å². The van der Waals surface area contributed by atoms with Crippen molar-refractivity contribution >= 4 is 8.60 Å². The van der Waals surface area contributed by atoms with Crippen molar-refractivity contribution in [1.82, 2.24) is 0 Å². The number of rotatable bonds is 33. The van der Waals surface area contributed by atoms with Crippen LogP contribution in [0.4, 0.5) is 0 Å². The maximum Gasteiger partial charge on any atom is 0.530 e. The van der Waals surface area contributed by atoms with Crippen LogP contribution in [0.15, 0.2) is 146 Å². The minimum Gasteiger partial charge on any atom is -0.408 e. The average Bonchev–Trinajstić information content (AvgIpc) is 3.37. The Kier molecular flexibility index (Phi) is 23.5. The molecule has 0 spiro atoms. The van der Waals surface area contributed by atoms with Gasteiger partial charge in [-0.15, -0.1) is 0 Å². The van der Waals surface area contributed by atoms with E-state index in [2.05, 4.69) is 130 Å². The highest BCUT2D eigenvalue weighted by Gasteiger charge is 2.25. The average molecular weight is 917 g/mol. The highest BCUT2D eigenvalue weighted by atomic mass is 31.2. The smallest absolute Gasteiger partial charge is 0.408 e. The van der Waals surface area contributed by atoms with Crippen molar-refractivity contribution in [3.8, 4) is 50.6 Å². The zero-order chi connectivity index (χ0) is 46.6. The maximum absolute atomic E-state index is 6.97. The van der Waals surface area contributed by atoms with Gasteiger partial charge in [-0.1, -0.05) is 264 Å². The minimum atomic E-state index is -1.98. The topological polar surface area (TPSA) is 27.7 Å². The molecular weight excluding hydrogens is 836 g/mol. The third-order valence-electron chi connectivity index (χ3n) is 13.2. The number of aryl methyl sites for hydroxylation is 3. The Morgan fingerprint density at radius 3 is 0.776 bits per heavy atom. The van der Waals surface area contributed by atoms with Crippen LogP contribution in [0.2, 0.25) is 0 Å². The van der Waals surface area contributed by atoms with Crippen molar-refractivity contribution in [2.75, 3.05) is 0 Å². The van der Waals surface area contributed by atoms with Crippen molar-refractivity contribution in [2.24, 2.45) is 0 Å². The van der Waals surface area contributed by atoms with E-state index < -0.39 is 8.60 Å². The van der Waals surface area contributed by atoms with E-state index in [0.717, 1.165) is 69.9 Å². The third kappa shape index (κ3) is 18.0. The van der Waals surface area contributed by atoms with E-state index in [1.165, 1.54) is 152 Å². The van der Waals surface area contributed by atoms with E-state index >= 15 is 0 Å². The Morgan fingerprint density at radius 2 is 0.507 bits per heavy atom. The van der Waals surface area contributed by atoms with Gasteiger partial charge in [-0.2, -0.15) is 0 Å². The van der Waals surface area contributed by atoms with Gasteiger partial charge in [0.2, 0.25) is 0 Å². The Balaban J connectivity index is 1.20. The van der Waals surface area contributed by atoms with Gasteiger partial charge in [0.15, 0.2) is 0 Å². The summed E-state index contributed by atoms with van der Waals surface area (Å²) in [5.74, 6) is 2.19. The largest absolute Gasteiger partial charge is 0.530 e. The Labute approximate surface area is 408 Å². The summed E-state index contributed by atoms with van der Waals surface area (Å²) in [7, 11) is -1.98. The number of unbranched alkanes of at least 4 members (excludes halogenated alkanes) is 18. The second-order valence-corrected chi connectivity index (χ2v) is 19.7. The van der Waals surface area contributed by atoms with Crippen LogP contribution in [0.1, 0.15) is 172 Å². The highest BCUT2D eigenvalue weighted by Crippen LogP contribution is 2.49. The van der Waals surface area contributed by atoms with E-state index in [9.17, 15) is 0 Å². The molecular formula is C63H81O3P. The Bertz CT molecular complexity index is 1970. The van der Waals surface area contributed by atoms with Crippen molar-refractivity contribution in [1.29, 1.82) is 0 Å². The second kappa shape index (κ2) is 30.5. The molecule has 0 aliphatic heterocycles. The lowest BCUT2D eigenvalue weighted by Gasteiger charge is -2.22. The molecule has 6 rings (SSSR count). The minimum absolute atomic E-state index is 0.729. The molecule has 6 aromatic carbocycles. The summed E-state index contributed by atoms with van der Waals surface area (Å²) in [5.41, 5.74) is 10.5. The molecule has 0 saturated carbocycles. The molecule has 0 unspecified atom stereocenters. The first-order valence-corrected chi connectivity index (χ1v) is 27.6. The van der Waals surface area contributed by atoms with Crippen LogP contribution >= 0.6 is 8.60 Å². The monoisotopic (exact) mass is 917 g/mol. The first-order chi connectivity index (χ1) is 33.1. The van der Waals surface area contributed by atoms with E-state index in [1.54, 1.807) is 0 Å². The molecule has 4 heteroatoms. The van der Waals surface area contributed by atoms with Crippen LogP contribution in [-0.4, -0.2) is 0 Å². The molecule has 356 valence electrons. The van der Waals surface area contributed by atoms with E-state index in [4.69, 9.17) is 13.6 Å². The number of para-hydroxylation sites is 3. The fourth-order valence-corrected chi connectivity index (χ4v) is 10.1. The van der Waals surface area contributed by atoms with Crippen LogP contribution < -0.4 is 13.6 Å². The molecule has 6 aromatic rings. The summed E-state index contributed by atoms with van der Waals surface area (Å²) in [5, 5.41) is 0. The van der Waals surface area contributed by atoms with Gasteiger partial charge >= 0.3 is 8.60 Å². The molecule has 0 fully saturated rings. The normalized spacial score (nSPS) is 11.3.